The van der Waals surface area contributed by atoms with Gasteiger partial charge in [0, 0.05) is 30.0 Å². The van der Waals surface area contributed by atoms with Crippen molar-refractivity contribution in [3.8, 4) is 0 Å². The highest BCUT2D eigenvalue weighted by atomic mass is 35.5. The summed E-state index contributed by atoms with van der Waals surface area (Å²) in [6.07, 6.45) is -2.47. The summed E-state index contributed by atoms with van der Waals surface area (Å²) in [5.41, 5.74) is -0.655. The Morgan fingerprint density at radius 3 is 1.88 bits per heavy atom. The lowest BCUT2D eigenvalue weighted by Gasteiger charge is -2.41. The second-order valence-electron chi connectivity index (χ2n) is 7.84. The summed E-state index contributed by atoms with van der Waals surface area (Å²) < 4.78 is 10.00. The van der Waals surface area contributed by atoms with Crippen LogP contribution < -0.4 is 0 Å². The lowest BCUT2D eigenvalue weighted by atomic mass is 10.1. The van der Waals surface area contributed by atoms with E-state index in [9.17, 15) is 19.2 Å². The minimum atomic E-state index is -1.28. The van der Waals surface area contributed by atoms with E-state index in [4.69, 9.17) is 21.1 Å². The number of amides is 3. The van der Waals surface area contributed by atoms with Gasteiger partial charge >= 0.3 is 12.1 Å². The summed E-state index contributed by atoms with van der Waals surface area (Å²) in [4.78, 5) is 51.1. The molecule has 170 valence electrons. The van der Waals surface area contributed by atoms with Crippen LogP contribution in [0.2, 0.25) is 5.02 Å². The van der Waals surface area contributed by atoms with E-state index in [1.165, 1.54) is 31.2 Å². The smallest absolute Gasteiger partial charge is 0.426 e. The van der Waals surface area contributed by atoms with Gasteiger partial charge in [0.15, 0.2) is 0 Å². The van der Waals surface area contributed by atoms with Crippen molar-refractivity contribution in [1.29, 1.82) is 0 Å². The van der Waals surface area contributed by atoms with Gasteiger partial charge in [-0.3, -0.25) is 14.4 Å². The quantitative estimate of drug-likeness (QED) is 0.373. The fourth-order valence-electron chi connectivity index (χ4n) is 2.82. The number of carbonyl (C=O) groups is 4. The van der Waals surface area contributed by atoms with Crippen LogP contribution in [0.5, 0.6) is 0 Å². The van der Waals surface area contributed by atoms with Gasteiger partial charge in [-0.05, 0) is 57.2 Å². The topological polar surface area (TPSA) is 93.2 Å². The van der Waals surface area contributed by atoms with Crippen LogP contribution in [0.4, 0.5) is 4.79 Å². The average Bonchev–Trinajstić information content (AvgIpc) is 2.70. The fourth-order valence-corrected chi connectivity index (χ4v) is 2.94. The van der Waals surface area contributed by atoms with Gasteiger partial charge in [-0.1, -0.05) is 29.8 Å². The van der Waals surface area contributed by atoms with Gasteiger partial charge in [-0.2, -0.15) is 0 Å². The molecule has 0 aliphatic carbocycles. The first-order valence-electron chi connectivity index (χ1n) is 9.79. The van der Waals surface area contributed by atoms with Crippen LogP contribution in [0.1, 0.15) is 55.3 Å². The summed E-state index contributed by atoms with van der Waals surface area (Å²) in [6, 6.07) is 14.0. The van der Waals surface area contributed by atoms with E-state index in [1.54, 1.807) is 51.1 Å². The molecule has 2 aromatic rings. The summed E-state index contributed by atoms with van der Waals surface area (Å²) >= 11 is 5.91. The first-order chi connectivity index (χ1) is 14.9. The number of hydrogen-bond donors (Lipinski definition) is 0. The maximum Gasteiger partial charge on any atom is 0.439 e. The SMILES string of the molecule is CC(=O)OC(C)OC(=O)N(C(=O)c1ccc(Cl)cc1)N(C(=O)c1ccccc1)C(C)(C)C. The van der Waals surface area contributed by atoms with Crippen LogP contribution >= 0.6 is 11.6 Å². The van der Waals surface area contributed by atoms with Gasteiger partial charge in [0.25, 0.3) is 11.8 Å². The number of ether oxygens (including phenoxy) is 2. The molecule has 8 nitrogen and oxygen atoms in total. The molecular weight excluding hydrogens is 436 g/mol. The third kappa shape index (κ3) is 6.31. The number of esters is 1. The number of benzene rings is 2. The zero-order chi connectivity index (χ0) is 24.1. The minimum absolute atomic E-state index is 0.0987. The molecule has 0 aliphatic heterocycles. The lowest BCUT2D eigenvalue weighted by molar-refractivity contribution is -0.165. The summed E-state index contributed by atoms with van der Waals surface area (Å²) in [5, 5.41) is 2.02. The molecule has 9 heteroatoms. The maximum absolute atomic E-state index is 13.4. The van der Waals surface area contributed by atoms with Crippen LogP contribution in [0, 0.1) is 0 Å². The van der Waals surface area contributed by atoms with E-state index in [1.807, 2.05) is 0 Å². The van der Waals surface area contributed by atoms with Gasteiger partial charge in [0.1, 0.15) is 0 Å². The van der Waals surface area contributed by atoms with Crippen molar-refractivity contribution in [2.75, 3.05) is 0 Å². The van der Waals surface area contributed by atoms with E-state index in [-0.39, 0.29) is 11.1 Å². The average molecular weight is 461 g/mol. The highest BCUT2D eigenvalue weighted by Crippen LogP contribution is 2.24. The summed E-state index contributed by atoms with van der Waals surface area (Å²) in [6.45, 7) is 7.47. The van der Waals surface area contributed by atoms with E-state index < -0.39 is 35.7 Å². The summed E-state index contributed by atoms with van der Waals surface area (Å²) in [5.74, 6) is -2.09. The maximum atomic E-state index is 13.4. The molecule has 2 aromatic carbocycles. The van der Waals surface area contributed by atoms with Crippen molar-refractivity contribution in [3.63, 3.8) is 0 Å². The molecule has 0 radical (unpaired) electrons. The van der Waals surface area contributed by atoms with Gasteiger partial charge in [0.05, 0.1) is 5.54 Å². The molecule has 32 heavy (non-hydrogen) atoms. The largest absolute Gasteiger partial charge is 0.439 e. The van der Waals surface area contributed by atoms with E-state index in [0.29, 0.717) is 10.0 Å². The summed E-state index contributed by atoms with van der Waals surface area (Å²) in [7, 11) is 0. The Labute approximate surface area is 191 Å². The molecular formula is C23H25ClN2O6. The fraction of sp³-hybridized carbons (Fsp3) is 0.304. The minimum Gasteiger partial charge on any atom is -0.426 e. The highest BCUT2D eigenvalue weighted by molar-refractivity contribution is 6.30. The number of halogens is 1. The van der Waals surface area contributed by atoms with Crippen LogP contribution in [0.25, 0.3) is 0 Å². The third-order valence-electron chi connectivity index (χ3n) is 4.10. The van der Waals surface area contributed by atoms with E-state index in [2.05, 4.69) is 0 Å². The van der Waals surface area contributed by atoms with Crippen molar-refractivity contribution < 1.29 is 28.7 Å². The second kappa shape index (κ2) is 10.3. The lowest BCUT2D eigenvalue weighted by Crippen LogP contribution is -2.60. The predicted octanol–water partition coefficient (Wildman–Crippen LogP) is 4.68. The third-order valence-corrected chi connectivity index (χ3v) is 4.36. The molecule has 0 saturated heterocycles. The van der Waals surface area contributed by atoms with Gasteiger partial charge in [-0.25, -0.2) is 9.80 Å². The van der Waals surface area contributed by atoms with Crippen LogP contribution in [0.3, 0.4) is 0 Å². The first-order valence-corrected chi connectivity index (χ1v) is 10.2. The van der Waals surface area contributed by atoms with Crippen LogP contribution in [0.15, 0.2) is 54.6 Å². The number of nitrogens with zero attached hydrogens (tertiary/aromatic N) is 2. The molecule has 0 spiro atoms. The molecule has 0 N–H and O–H groups in total. The molecule has 2 rings (SSSR count). The Morgan fingerprint density at radius 2 is 1.38 bits per heavy atom. The molecule has 0 aliphatic rings. The monoisotopic (exact) mass is 460 g/mol. The number of carbonyl (C=O) groups excluding carboxylic acids is 4. The first kappa shape index (κ1) is 24.9. The Bertz CT molecular complexity index is 986. The Morgan fingerprint density at radius 1 is 0.844 bits per heavy atom. The molecule has 0 saturated carbocycles. The molecule has 0 fully saturated rings. The highest BCUT2D eigenvalue weighted by Gasteiger charge is 2.41. The van der Waals surface area contributed by atoms with Gasteiger partial charge in [-0.15, -0.1) is 5.01 Å². The molecule has 0 heterocycles. The van der Waals surface area contributed by atoms with Crippen molar-refractivity contribution in [2.45, 2.75) is 46.4 Å². The van der Waals surface area contributed by atoms with Crippen LogP contribution in [-0.2, 0) is 14.3 Å². The van der Waals surface area contributed by atoms with Crippen molar-refractivity contribution in [1.82, 2.24) is 10.0 Å². The van der Waals surface area contributed by atoms with E-state index >= 15 is 0 Å². The predicted molar refractivity (Wildman–Crippen MR) is 118 cm³/mol. The standard InChI is InChI=1S/C23H25ClN2O6/c1-15(27)31-16(2)32-22(30)25(20(28)18-11-13-19(24)14-12-18)26(23(3,4)5)21(29)17-9-7-6-8-10-17/h6-14,16H,1-5H3. The molecule has 0 aromatic heterocycles. The molecule has 1 atom stereocenters. The van der Waals surface area contributed by atoms with E-state index in [0.717, 1.165) is 11.9 Å². The number of imide groups is 1. The Kier molecular flexibility index (Phi) is 7.99. The van der Waals surface area contributed by atoms with Gasteiger partial charge in [0.2, 0.25) is 6.29 Å². The van der Waals surface area contributed by atoms with Crippen molar-refractivity contribution in [2.24, 2.45) is 0 Å². The number of hydrogen-bond acceptors (Lipinski definition) is 6. The van der Waals surface area contributed by atoms with Crippen LogP contribution in [-0.4, -0.2) is 45.7 Å². The second-order valence-corrected chi connectivity index (χ2v) is 8.27. The van der Waals surface area contributed by atoms with Gasteiger partial charge < -0.3 is 9.47 Å². The van der Waals surface area contributed by atoms with Crippen molar-refractivity contribution in [3.05, 3.63) is 70.7 Å². The zero-order valence-electron chi connectivity index (χ0n) is 18.5. The van der Waals surface area contributed by atoms with Crippen molar-refractivity contribution >= 4 is 35.5 Å². The molecule has 3 amide bonds. The normalized spacial score (nSPS) is 11.8. The molecule has 1 unspecified atom stereocenters. The zero-order valence-corrected chi connectivity index (χ0v) is 19.3. The number of hydrazine groups is 1. The molecule has 0 bridgehead atoms. The number of rotatable bonds is 4. The Balaban J connectivity index is 2.55. The Hall–Kier alpha value is -3.39.